The lowest BCUT2D eigenvalue weighted by molar-refractivity contribution is -0.115. The first kappa shape index (κ1) is 22.6. The van der Waals surface area contributed by atoms with Crippen molar-refractivity contribution < 1.29 is 27.5 Å². The normalized spacial score (nSPS) is 13.0. The molecule has 0 saturated heterocycles. The second kappa shape index (κ2) is 9.92. The number of fused-ring (bicyclic) bond motifs is 1. The summed E-state index contributed by atoms with van der Waals surface area (Å²) in [6.45, 7) is 0.783. The summed E-state index contributed by atoms with van der Waals surface area (Å²) in [5, 5.41) is 6.96. The van der Waals surface area contributed by atoms with Crippen molar-refractivity contribution in [2.45, 2.75) is 11.3 Å². The second-order valence-corrected chi connectivity index (χ2v) is 9.68. The lowest BCUT2D eigenvalue weighted by Gasteiger charge is -2.12. The van der Waals surface area contributed by atoms with E-state index >= 15 is 0 Å². The van der Waals surface area contributed by atoms with Crippen LogP contribution in [0.2, 0.25) is 0 Å². The van der Waals surface area contributed by atoms with Crippen LogP contribution < -0.4 is 24.8 Å². The molecule has 11 heteroatoms. The number of nitrogens with one attached hydrogen (secondary N) is 3. The first-order chi connectivity index (χ1) is 15.9. The number of carbonyl (C=O) groups is 2. The molecule has 0 unspecified atom stereocenters. The summed E-state index contributed by atoms with van der Waals surface area (Å²) in [4.78, 5) is 24.5. The molecule has 9 nitrogen and oxygen atoms in total. The summed E-state index contributed by atoms with van der Waals surface area (Å²) < 4.78 is 39.1. The minimum atomic E-state index is -3.85. The fourth-order valence-corrected chi connectivity index (χ4v) is 4.72. The van der Waals surface area contributed by atoms with E-state index in [1.807, 2.05) is 0 Å². The molecule has 0 spiro atoms. The van der Waals surface area contributed by atoms with Crippen LogP contribution in [0.5, 0.6) is 11.5 Å². The highest BCUT2D eigenvalue weighted by Crippen LogP contribution is 2.32. The van der Waals surface area contributed by atoms with Gasteiger partial charge in [-0.2, -0.15) is 0 Å². The first-order valence-corrected chi connectivity index (χ1v) is 12.4. The Labute approximate surface area is 194 Å². The summed E-state index contributed by atoms with van der Waals surface area (Å²) in [5.74, 6) is 0.179. The monoisotopic (exact) mass is 487 g/mol. The summed E-state index contributed by atoms with van der Waals surface area (Å²) in [6.07, 6.45) is 0.721. The number of benzene rings is 2. The van der Waals surface area contributed by atoms with E-state index < -0.39 is 15.9 Å². The van der Waals surface area contributed by atoms with Crippen LogP contribution >= 0.6 is 11.3 Å². The maximum Gasteiger partial charge on any atom is 0.262 e. The average molecular weight is 488 g/mol. The molecule has 0 atom stereocenters. The van der Waals surface area contributed by atoms with Crippen LogP contribution in [0.4, 0.5) is 11.4 Å². The number of sulfonamides is 1. The molecule has 0 fully saturated rings. The quantitative estimate of drug-likeness (QED) is 0.471. The van der Waals surface area contributed by atoms with Gasteiger partial charge >= 0.3 is 0 Å². The molecule has 1 aliphatic heterocycles. The van der Waals surface area contributed by atoms with Gasteiger partial charge in [-0.05, 0) is 47.8 Å². The highest BCUT2D eigenvalue weighted by Gasteiger charge is 2.19. The van der Waals surface area contributed by atoms with Crippen LogP contribution in [0.3, 0.4) is 0 Å². The Balaban J connectivity index is 1.34. The van der Waals surface area contributed by atoms with Gasteiger partial charge in [-0.1, -0.05) is 6.07 Å². The van der Waals surface area contributed by atoms with E-state index in [4.69, 9.17) is 9.47 Å². The van der Waals surface area contributed by atoms with Gasteiger partial charge in [0.25, 0.3) is 15.9 Å². The van der Waals surface area contributed by atoms with E-state index in [0.29, 0.717) is 41.0 Å². The molecule has 2 aromatic carbocycles. The minimum absolute atomic E-state index is 0.0469. The Morgan fingerprint density at radius 3 is 2.39 bits per heavy atom. The zero-order chi connectivity index (χ0) is 23.3. The Morgan fingerprint density at radius 2 is 1.67 bits per heavy atom. The Hall–Kier alpha value is -3.57. The van der Waals surface area contributed by atoms with E-state index in [1.54, 1.807) is 35.7 Å². The lowest BCUT2D eigenvalue weighted by atomic mass is 10.3. The Kier molecular flexibility index (Phi) is 6.80. The number of thiophene rings is 1. The van der Waals surface area contributed by atoms with Crippen molar-refractivity contribution in [3.63, 3.8) is 0 Å². The van der Waals surface area contributed by atoms with Crippen molar-refractivity contribution in [2.24, 2.45) is 0 Å². The Bertz CT molecular complexity index is 1240. The number of hydrogen-bond donors (Lipinski definition) is 3. The fraction of sp³-hybridized carbons (Fsp3) is 0.182. The van der Waals surface area contributed by atoms with Crippen LogP contribution in [0, 0.1) is 0 Å². The molecule has 33 heavy (non-hydrogen) atoms. The number of ether oxygens (including phenoxy) is 2. The third-order valence-corrected chi connectivity index (χ3v) is 6.85. The van der Waals surface area contributed by atoms with Crippen molar-refractivity contribution in [3.8, 4) is 11.5 Å². The summed E-state index contributed by atoms with van der Waals surface area (Å²) >= 11 is 1.29. The van der Waals surface area contributed by atoms with Crippen molar-refractivity contribution in [3.05, 3.63) is 64.9 Å². The Morgan fingerprint density at radius 1 is 0.939 bits per heavy atom. The van der Waals surface area contributed by atoms with Crippen molar-refractivity contribution in [1.29, 1.82) is 0 Å². The fourth-order valence-electron chi connectivity index (χ4n) is 3.01. The van der Waals surface area contributed by atoms with Gasteiger partial charge in [0.1, 0.15) is 0 Å². The summed E-state index contributed by atoms with van der Waals surface area (Å²) in [7, 11) is -3.85. The molecule has 3 aromatic rings. The maximum atomic E-state index is 12.8. The van der Waals surface area contributed by atoms with Gasteiger partial charge in [0.15, 0.2) is 11.5 Å². The SMILES string of the molecule is O=C(CNC(=O)c1cccs1)Nc1ccc(NS(=O)(=O)c2ccc3c(c2)OCCCO3)cc1. The summed E-state index contributed by atoms with van der Waals surface area (Å²) in [6, 6.07) is 14.1. The lowest BCUT2D eigenvalue weighted by Crippen LogP contribution is -2.32. The van der Waals surface area contributed by atoms with Crippen molar-refractivity contribution in [1.82, 2.24) is 5.32 Å². The first-order valence-electron chi connectivity index (χ1n) is 10.0. The molecule has 1 aromatic heterocycles. The van der Waals surface area contributed by atoms with Gasteiger partial charge in [-0.15, -0.1) is 11.3 Å². The number of amides is 2. The number of anilines is 2. The van der Waals surface area contributed by atoms with E-state index in [-0.39, 0.29) is 17.3 Å². The number of hydrogen-bond acceptors (Lipinski definition) is 7. The van der Waals surface area contributed by atoms with Gasteiger partial charge in [-0.3, -0.25) is 14.3 Å². The van der Waals surface area contributed by atoms with E-state index in [9.17, 15) is 18.0 Å². The van der Waals surface area contributed by atoms with Crippen LogP contribution in [-0.4, -0.2) is 40.0 Å². The largest absolute Gasteiger partial charge is 0.490 e. The molecule has 2 amide bonds. The molecule has 2 heterocycles. The van der Waals surface area contributed by atoms with Gasteiger partial charge in [0.2, 0.25) is 5.91 Å². The van der Waals surface area contributed by atoms with Crippen LogP contribution in [0.1, 0.15) is 16.1 Å². The molecular formula is C22H21N3O6S2. The van der Waals surface area contributed by atoms with Crippen LogP contribution in [0.25, 0.3) is 0 Å². The molecule has 1 aliphatic rings. The van der Waals surface area contributed by atoms with Crippen molar-refractivity contribution in [2.75, 3.05) is 29.8 Å². The number of carbonyl (C=O) groups excluding carboxylic acids is 2. The van der Waals surface area contributed by atoms with Gasteiger partial charge in [0.05, 0.1) is 29.5 Å². The second-order valence-electron chi connectivity index (χ2n) is 7.05. The van der Waals surface area contributed by atoms with Crippen LogP contribution in [0.15, 0.2) is 64.9 Å². The average Bonchev–Trinajstić information content (AvgIpc) is 3.24. The zero-order valence-corrected chi connectivity index (χ0v) is 19.0. The smallest absolute Gasteiger partial charge is 0.262 e. The molecule has 3 N–H and O–H groups in total. The van der Waals surface area contributed by atoms with Gasteiger partial charge < -0.3 is 20.1 Å². The third-order valence-electron chi connectivity index (χ3n) is 4.60. The standard InChI is InChI=1S/C22H21N3O6S2/c26-21(14-23-22(27)20-3-1-12-32-20)24-15-4-6-16(7-5-15)25-33(28,29)17-8-9-18-19(13-17)31-11-2-10-30-18/h1,3-9,12-13,25H,2,10-11,14H2,(H,23,27)(H,24,26). The molecule has 172 valence electrons. The molecule has 4 rings (SSSR count). The topological polar surface area (TPSA) is 123 Å². The van der Waals surface area contributed by atoms with Gasteiger partial charge in [0, 0.05) is 23.9 Å². The predicted octanol–water partition coefficient (Wildman–Crippen LogP) is 3.08. The maximum absolute atomic E-state index is 12.8. The summed E-state index contributed by atoms with van der Waals surface area (Å²) in [5.41, 5.74) is 0.787. The highest BCUT2D eigenvalue weighted by molar-refractivity contribution is 7.92. The predicted molar refractivity (Wildman–Crippen MR) is 125 cm³/mol. The highest BCUT2D eigenvalue weighted by atomic mass is 32.2. The van der Waals surface area contributed by atoms with E-state index in [1.165, 1.54) is 35.6 Å². The van der Waals surface area contributed by atoms with Crippen LogP contribution in [-0.2, 0) is 14.8 Å². The third kappa shape index (κ3) is 5.82. The molecular weight excluding hydrogens is 466 g/mol. The minimum Gasteiger partial charge on any atom is -0.490 e. The molecule has 0 saturated carbocycles. The zero-order valence-electron chi connectivity index (χ0n) is 17.4. The molecule has 0 bridgehead atoms. The molecule has 0 radical (unpaired) electrons. The number of rotatable bonds is 7. The van der Waals surface area contributed by atoms with E-state index in [0.717, 1.165) is 6.42 Å². The van der Waals surface area contributed by atoms with Gasteiger partial charge in [-0.25, -0.2) is 8.42 Å². The van der Waals surface area contributed by atoms with E-state index in [2.05, 4.69) is 15.4 Å². The van der Waals surface area contributed by atoms with Crippen molar-refractivity contribution >= 4 is 44.5 Å². The molecule has 0 aliphatic carbocycles.